The number of benzene rings is 1. The lowest BCUT2D eigenvalue weighted by Gasteiger charge is -2.21. The zero-order chi connectivity index (χ0) is 12.4. The Morgan fingerprint density at radius 3 is 3.22 bits per heavy atom. The van der Waals surface area contributed by atoms with Gasteiger partial charge in [0.25, 0.3) is 0 Å². The summed E-state index contributed by atoms with van der Waals surface area (Å²) in [7, 11) is 0. The van der Waals surface area contributed by atoms with E-state index >= 15 is 0 Å². The number of nitrogens with zero attached hydrogens (tertiary/aromatic N) is 3. The number of aryl methyl sites for hydroxylation is 1. The molecular weight excluding hydrogens is 224 g/mol. The fraction of sp³-hybridized carbons (Fsp3) is 0.429. The highest BCUT2D eigenvalue weighted by atomic mass is 15.4. The summed E-state index contributed by atoms with van der Waals surface area (Å²) >= 11 is 0. The van der Waals surface area contributed by atoms with Gasteiger partial charge in [0.2, 0.25) is 0 Å². The molecule has 0 amide bonds. The molecule has 1 N–H and O–H groups in total. The van der Waals surface area contributed by atoms with Crippen molar-refractivity contribution in [3.05, 3.63) is 30.0 Å². The second-order valence-corrected chi connectivity index (χ2v) is 4.70. The van der Waals surface area contributed by atoms with Crippen molar-refractivity contribution < 1.29 is 0 Å². The number of fused-ring (bicyclic) bond motifs is 1. The van der Waals surface area contributed by atoms with E-state index in [9.17, 15) is 0 Å². The number of nitrogens with one attached hydrogen (secondary N) is 1. The molecule has 3 rings (SSSR count). The minimum Gasteiger partial charge on any atom is -0.385 e. The van der Waals surface area contributed by atoms with Crippen LogP contribution in [0, 0.1) is 0 Å². The van der Waals surface area contributed by atoms with Gasteiger partial charge >= 0.3 is 0 Å². The first kappa shape index (κ1) is 11.3. The molecule has 0 spiro atoms. The fourth-order valence-corrected chi connectivity index (χ4v) is 2.59. The number of hydrogen-bond donors (Lipinski definition) is 1. The molecular formula is C14H18N4. The quantitative estimate of drug-likeness (QED) is 0.900. The Bertz CT molecular complexity index is 544. The zero-order valence-electron chi connectivity index (χ0n) is 10.7. The zero-order valence-corrected chi connectivity index (χ0v) is 10.7. The third kappa shape index (κ3) is 1.88. The Balaban J connectivity index is 2.08. The number of anilines is 1. The summed E-state index contributed by atoms with van der Waals surface area (Å²) in [5, 5.41) is 11.7. The SMILES string of the molecule is CCCn1nncc1-c1cccc2c1CCCN2. The van der Waals surface area contributed by atoms with Crippen LogP contribution in [-0.2, 0) is 13.0 Å². The maximum absolute atomic E-state index is 4.18. The van der Waals surface area contributed by atoms with Gasteiger partial charge in [-0.2, -0.15) is 0 Å². The molecule has 1 aliphatic heterocycles. The van der Waals surface area contributed by atoms with Crippen LogP contribution in [0.15, 0.2) is 24.4 Å². The van der Waals surface area contributed by atoms with Crippen molar-refractivity contribution >= 4 is 5.69 Å². The normalized spacial score (nSPS) is 14.1. The van der Waals surface area contributed by atoms with Gasteiger partial charge in [-0.15, -0.1) is 5.10 Å². The van der Waals surface area contributed by atoms with Crippen molar-refractivity contribution in [1.82, 2.24) is 15.0 Å². The number of rotatable bonds is 3. The lowest BCUT2D eigenvalue weighted by molar-refractivity contribution is 0.584. The topological polar surface area (TPSA) is 42.7 Å². The molecule has 0 saturated heterocycles. The van der Waals surface area contributed by atoms with Gasteiger partial charge in [-0.1, -0.05) is 24.3 Å². The van der Waals surface area contributed by atoms with E-state index in [4.69, 9.17) is 0 Å². The predicted molar refractivity (Wildman–Crippen MR) is 72.6 cm³/mol. The Morgan fingerprint density at radius 1 is 1.39 bits per heavy atom. The standard InChI is InChI=1S/C14H18N4/c1-2-9-18-14(10-16-17-18)12-5-3-7-13-11(12)6-4-8-15-13/h3,5,7,10,15H,2,4,6,8-9H2,1H3. The molecule has 4 nitrogen and oxygen atoms in total. The maximum Gasteiger partial charge on any atom is 0.0889 e. The average molecular weight is 242 g/mol. The summed E-state index contributed by atoms with van der Waals surface area (Å²) in [4.78, 5) is 0. The second kappa shape index (κ2) is 4.80. The van der Waals surface area contributed by atoms with E-state index in [-0.39, 0.29) is 0 Å². The van der Waals surface area contributed by atoms with Crippen LogP contribution in [0.25, 0.3) is 11.3 Å². The molecule has 94 valence electrons. The minimum atomic E-state index is 0.923. The van der Waals surface area contributed by atoms with Gasteiger partial charge < -0.3 is 5.32 Å². The lowest BCUT2D eigenvalue weighted by atomic mass is 9.96. The lowest BCUT2D eigenvalue weighted by Crippen LogP contribution is -2.13. The molecule has 2 aromatic rings. The van der Waals surface area contributed by atoms with Crippen LogP contribution < -0.4 is 5.32 Å². The summed E-state index contributed by atoms with van der Waals surface area (Å²) in [5.41, 5.74) is 5.09. The third-order valence-electron chi connectivity index (χ3n) is 3.42. The predicted octanol–water partition coefficient (Wildman–Crippen LogP) is 2.71. The molecule has 0 aliphatic carbocycles. The van der Waals surface area contributed by atoms with Crippen LogP contribution >= 0.6 is 0 Å². The molecule has 18 heavy (non-hydrogen) atoms. The van der Waals surface area contributed by atoms with Crippen LogP contribution in [0.5, 0.6) is 0 Å². The van der Waals surface area contributed by atoms with Crippen molar-refractivity contribution in [2.45, 2.75) is 32.7 Å². The van der Waals surface area contributed by atoms with E-state index in [2.05, 4.69) is 40.8 Å². The smallest absolute Gasteiger partial charge is 0.0889 e. The highest BCUT2D eigenvalue weighted by Crippen LogP contribution is 2.32. The van der Waals surface area contributed by atoms with Crippen molar-refractivity contribution in [2.24, 2.45) is 0 Å². The molecule has 4 heteroatoms. The average Bonchev–Trinajstić information content (AvgIpc) is 2.87. The van der Waals surface area contributed by atoms with Crippen molar-refractivity contribution in [3.8, 4) is 11.3 Å². The van der Waals surface area contributed by atoms with Crippen molar-refractivity contribution in [1.29, 1.82) is 0 Å². The molecule has 0 bridgehead atoms. The van der Waals surface area contributed by atoms with Crippen LogP contribution in [0.4, 0.5) is 5.69 Å². The monoisotopic (exact) mass is 242 g/mol. The molecule has 0 atom stereocenters. The first-order chi connectivity index (χ1) is 8.90. The van der Waals surface area contributed by atoms with Gasteiger partial charge in [0.05, 0.1) is 11.9 Å². The van der Waals surface area contributed by atoms with Crippen LogP contribution in [0.3, 0.4) is 0 Å². The molecule has 0 fully saturated rings. The number of hydrogen-bond acceptors (Lipinski definition) is 3. The Morgan fingerprint density at radius 2 is 2.33 bits per heavy atom. The molecule has 2 heterocycles. The van der Waals surface area contributed by atoms with Crippen molar-refractivity contribution in [2.75, 3.05) is 11.9 Å². The van der Waals surface area contributed by atoms with Gasteiger partial charge in [-0.3, -0.25) is 0 Å². The van der Waals surface area contributed by atoms with E-state index < -0.39 is 0 Å². The summed E-state index contributed by atoms with van der Waals surface area (Å²) in [6, 6.07) is 6.44. The Kier molecular flexibility index (Phi) is 3.00. The summed E-state index contributed by atoms with van der Waals surface area (Å²) in [5.74, 6) is 0. The van der Waals surface area contributed by atoms with Gasteiger partial charge in [0.1, 0.15) is 0 Å². The van der Waals surface area contributed by atoms with Gasteiger partial charge in [-0.05, 0) is 30.9 Å². The van der Waals surface area contributed by atoms with Gasteiger partial charge in [-0.25, -0.2) is 4.68 Å². The van der Waals surface area contributed by atoms with Crippen LogP contribution in [0.1, 0.15) is 25.3 Å². The highest BCUT2D eigenvalue weighted by Gasteiger charge is 2.16. The van der Waals surface area contributed by atoms with Gasteiger partial charge in [0.15, 0.2) is 0 Å². The Hall–Kier alpha value is -1.84. The fourth-order valence-electron chi connectivity index (χ4n) is 2.59. The number of aromatic nitrogens is 3. The third-order valence-corrected chi connectivity index (χ3v) is 3.42. The molecule has 0 radical (unpaired) electrons. The summed E-state index contributed by atoms with van der Waals surface area (Å²) in [6.45, 7) is 4.16. The molecule has 1 aromatic heterocycles. The van der Waals surface area contributed by atoms with E-state index in [0.717, 1.165) is 31.6 Å². The first-order valence-electron chi connectivity index (χ1n) is 6.64. The highest BCUT2D eigenvalue weighted by molar-refractivity contribution is 5.72. The van der Waals surface area contributed by atoms with E-state index in [1.54, 1.807) is 0 Å². The summed E-state index contributed by atoms with van der Waals surface area (Å²) < 4.78 is 2.00. The second-order valence-electron chi connectivity index (χ2n) is 4.70. The van der Waals surface area contributed by atoms with Gasteiger partial charge in [0, 0.05) is 24.3 Å². The first-order valence-corrected chi connectivity index (χ1v) is 6.64. The van der Waals surface area contributed by atoms with E-state index in [1.165, 1.54) is 23.2 Å². The van der Waals surface area contributed by atoms with Crippen molar-refractivity contribution in [3.63, 3.8) is 0 Å². The molecule has 0 saturated carbocycles. The Labute approximate surface area is 107 Å². The molecule has 1 aliphatic rings. The summed E-state index contributed by atoms with van der Waals surface area (Å²) in [6.07, 6.45) is 5.28. The molecule has 1 aromatic carbocycles. The maximum atomic E-state index is 4.18. The van der Waals surface area contributed by atoms with Crippen LogP contribution in [0.2, 0.25) is 0 Å². The molecule has 0 unspecified atom stereocenters. The van der Waals surface area contributed by atoms with E-state index in [1.807, 2.05) is 10.9 Å². The minimum absolute atomic E-state index is 0.923. The van der Waals surface area contributed by atoms with Crippen LogP contribution in [-0.4, -0.2) is 21.5 Å². The van der Waals surface area contributed by atoms with E-state index in [0.29, 0.717) is 0 Å². The largest absolute Gasteiger partial charge is 0.385 e.